The Bertz CT molecular complexity index is 1130. The van der Waals surface area contributed by atoms with Gasteiger partial charge in [0.2, 0.25) is 0 Å². The smallest absolute Gasteiger partial charge is 0.177 e. The lowest BCUT2D eigenvalue weighted by Crippen LogP contribution is -2.47. The molecule has 0 aliphatic carbocycles. The lowest BCUT2D eigenvalue weighted by atomic mass is 9.98. The zero-order chi connectivity index (χ0) is 24.1. The quantitative estimate of drug-likeness (QED) is 0.491. The average Bonchev–Trinajstić information content (AvgIpc) is 2.83. The van der Waals surface area contributed by atoms with Crippen LogP contribution in [0.4, 0.5) is 11.4 Å². The van der Waals surface area contributed by atoms with Gasteiger partial charge in [0.1, 0.15) is 0 Å². The molecule has 0 unspecified atom stereocenters. The molecule has 0 amide bonds. The number of sulfone groups is 1. The minimum absolute atomic E-state index is 0.166. The summed E-state index contributed by atoms with van der Waals surface area (Å²) in [6.07, 6.45) is 1.28. The molecule has 3 aromatic carbocycles. The largest absolute Gasteiger partial charge is 0.373 e. The average molecular weight is 478 g/mol. The maximum Gasteiger partial charge on any atom is 0.177 e. The number of piperazine rings is 1. The first-order chi connectivity index (χ1) is 16.3. The van der Waals surface area contributed by atoms with Crippen molar-refractivity contribution in [1.82, 2.24) is 4.90 Å². The number of hydrogen-bond donors (Lipinski definition) is 1. The third-order valence-electron chi connectivity index (χ3n) is 6.29. The molecular weight excluding hydrogens is 442 g/mol. The molecule has 6 heteroatoms. The van der Waals surface area contributed by atoms with Crippen LogP contribution in [0.3, 0.4) is 0 Å². The molecule has 1 aliphatic rings. The van der Waals surface area contributed by atoms with Gasteiger partial charge in [0.05, 0.1) is 16.6 Å². The molecule has 0 bridgehead atoms. The lowest BCUT2D eigenvalue weighted by Gasteiger charge is -2.37. The van der Waals surface area contributed by atoms with Crippen molar-refractivity contribution in [2.24, 2.45) is 5.92 Å². The topological polar surface area (TPSA) is 52.7 Å². The van der Waals surface area contributed by atoms with Crippen molar-refractivity contribution in [3.63, 3.8) is 0 Å². The Morgan fingerprint density at radius 3 is 1.88 bits per heavy atom. The van der Waals surface area contributed by atoms with E-state index in [2.05, 4.69) is 53.2 Å². The van der Waals surface area contributed by atoms with E-state index >= 15 is 0 Å². The van der Waals surface area contributed by atoms with Gasteiger partial charge < -0.3 is 10.2 Å². The summed E-state index contributed by atoms with van der Waals surface area (Å²) in [5.74, 6) is 0.657. The molecular formula is C28H35N3O2S. The summed E-state index contributed by atoms with van der Waals surface area (Å²) in [5, 5.41) is 3.58. The van der Waals surface area contributed by atoms with Gasteiger partial charge in [-0.2, -0.15) is 0 Å². The van der Waals surface area contributed by atoms with Gasteiger partial charge in [-0.25, -0.2) is 8.42 Å². The van der Waals surface area contributed by atoms with Crippen LogP contribution in [0, 0.1) is 5.92 Å². The van der Waals surface area contributed by atoms with E-state index in [0.717, 1.165) is 49.5 Å². The summed E-state index contributed by atoms with van der Waals surface area (Å²) < 4.78 is 25.4. The number of benzene rings is 3. The highest BCUT2D eigenvalue weighted by atomic mass is 32.2. The summed E-state index contributed by atoms with van der Waals surface area (Å²) in [7, 11) is -3.40. The van der Waals surface area contributed by atoms with Crippen LogP contribution in [0.1, 0.15) is 31.0 Å². The van der Waals surface area contributed by atoms with E-state index in [4.69, 9.17) is 0 Å². The van der Waals surface area contributed by atoms with Crippen LogP contribution >= 0.6 is 0 Å². The second-order valence-electron chi connectivity index (χ2n) is 9.53. The Balaban J connectivity index is 1.66. The Morgan fingerprint density at radius 1 is 0.824 bits per heavy atom. The minimum atomic E-state index is -3.40. The molecule has 0 saturated carbocycles. The molecule has 34 heavy (non-hydrogen) atoms. The Hall–Kier alpha value is -2.83. The van der Waals surface area contributed by atoms with Crippen LogP contribution in [-0.2, 0) is 9.84 Å². The van der Waals surface area contributed by atoms with Crippen LogP contribution in [0.5, 0.6) is 0 Å². The number of hydrogen-bond acceptors (Lipinski definition) is 5. The van der Waals surface area contributed by atoms with Gasteiger partial charge in [0.25, 0.3) is 0 Å². The highest BCUT2D eigenvalue weighted by Crippen LogP contribution is 2.33. The zero-order valence-electron chi connectivity index (χ0n) is 20.3. The summed E-state index contributed by atoms with van der Waals surface area (Å²) in [6.45, 7) is 9.53. The van der Waals surface area contributed by atoms with Crippen molar-refractivity contribution in [1.29, 1.82) is 0 Å². The summed E-state index contributed by atoms with van der Waals surface area (Å²) in [5.41, 5.74) is 3.86. The summed E-state index contributed by atoms with van der Waals surface area (Å²) in [4.78, 5) is 5.19. The fourth-order valence-corrected chi connectivity index (χ4v) is 5.49. The van der Waals surface area contributed by atoms with E-state index in [-0.39, 0.29) is 6.04 Å². The molecule has 180 valence electrons. The van der Waals surface area contributed by atoms with Crippen molar-refractivity contribution in [3.8, 4) is 0 Å². The van der Waals surface area contributed by atoms with E-state index in [9.17, 15) is 8.42 Å². The second-order valence-corrected chi connectivity index (χ2v) is 11.5. The summed E-state index contributed by atoms with van der Waals surface area (Å²) in [6, 6.07) is 25.9. The normalized spacial score (nSPS) is 15.1. The first-order valence-electron chi connectivity index (χ1n) is 12.0. The van der Waals surface area contributed by atoms with Crippen LogP contribution < -0.4 is 10.2 Å². The lowest BCUT2D eigenvalue weighted by molar-refractivity contribution is 0.231. The van der Waals surface area contributed by atoms with Crippen LogP contribution in [-0.4, -0.2) is 52.3 Å². The van der Waals surface area contributed by atoms with Gasteiger partial charge in [-0.1, -0.05) is 74.5 Å². The van der Waals surface area contributed by atoms with Gasteiger partial charge in [0, 0.05) is 44.7 Å². The second kappa shape index (κ2) is 10.6. The molecule has 1 N–H and O–H groups in total. The molecule has 1 saturated heterocycles. The highest BCUT2D eigenvalue weighted by molar-refractivity contribution is 7.90. The molecule has 0 spiro atoms. The molecule has 4 rings (SSSR count). The SMILES string of the molecule is CC(C)CN1CCN(c2ccc(S(C)(=O)=O)c(NC(c3ccccc3)c3ccccc3)c2)CC1. The van der Waals surface area contributed by atoms with Crippen molar-refractivity contribution in [2.75, 3.05) is 49.2 Å². The maximum absolute atomic E-state index is 12.7. The minimum Gasteiger partial charge on any atom is -0.373 e. The monoisotopic (exact) mass is 477 g/mol. The Labute approximate surface area is 204 Å². The van der Waals surface area contributed by atoms with Crippen molar-refractivity contribution >= 4 is 21.2 Å². The fourth-order valence-electron chi connectivity index (χ4n) is 4.66. The standard InChI is InChI=1S/C28H35N3O2S/c1-22(2)21-30-16-18-31(19-17-30)25-14-15-27(34(3,32)33)26(20-25)29-28(23-10-6-4-7-11-23)24-12-8-5-9-13-24/h4-15,20,22,28-29H,16-19,21H2,1-3H3. The zero-order valence-corrected chi connectivity index (χ0v) is 21.1. The van der Waals surface area contributed by atoms with Crippen LogP contribution in [0.2, 0.25) is 0 Å². The van der Waals surface area contributed by atoms with E-state index in [1.54, 1.807) is 6.07 Å². The van der Waals surface area contributed by atoms with E-state index < -0.39 is 9.84 Å². The first-order valence-corrected chi connectivity index (χ1v) is 13.9. The van der Waals surface area contributed by atoms with Crippen LogP contribution in [0.15, 0.2) is 83.8 Å². The molecule has 0 atom stereocenters. The van der Waals surface area contributed by atoms with Gasteiger partial charge in [-0.15, -0.1) is 0 Å². The molecule has 0 radical (unpaired) electrons. The highest BCUT2D eigenvalue weighted by Gasteiger charge is 2.23. The molecule has 0 aromatic heterocycles. The van der Waals surface area contributed by atoms with Gasteiger partial charge in [-0.05, 0) is 35.2 Å². The molecule has 1 aliphatic heterocycles. The molecule has 5 nitrogen and oxygen atoms in total. The number of nitrogens with zero attached hydrogens (tertiary/aromatic N) is 2. The number of anilines is 2. The van der Waals surface area contributed by atoms with Crippen molar-refractivity contribution < 1.29 is 8.42 Å². The molecule has 1 heterocycles. The van der Waals surface area contributed by atoms with Gasteiger partial charge in [0.15, 0.2) is 9.84 Å². The molecule has 1 fully saturated rings. The first kappa shape index (κ1) is 24.3. The van der Waals surface area contributed by atoms with E-state index in [1.165, 1.54) is 6.26 Å². The van der Waals surface area contributed by atoms with Gasteiger partial charge >= 0.3 is 0 Å². The predicted octanol–water partition coefficient (Wildman–Crippen LogP) is 5.07. The van der Waals surface area contributed by atoms with Crippen molar-refractivity contribution in [2.45, 2.75) is 24.8 Å². The Kier molecular flexibility index (Phi) is 7.59. The van der Waals surface area contributed by atoms with E-state index in [1.807, 2.05) is 48.5 Å². The predicted molar refractivity (Wildman–Crippen MR) is 141 cm³/mol. The fraction of sp³-hybridized carbons (Fsp3) is 0.357. The number of rotatable bonds is 8. The maximum atomic E-state index is 12.7. The number of nitrogens with one attached hydrogen (secondary N) is 1. The van der Waals surface area contributed by atoms with E-state index in [0.29, 0.717) is 16.5 Å². The summed E-state index contributed by atoms with van der Waals surface area (Å²) >= 11 is 0. The third-order valence-corrected chi connectivity index (χ3v) is 7.44. The molecule has 3 aromatic rings. The van der Waals surface area contributed by atoms with Crippen molar-refractivity contribution in [3.05, 3.63) is 90.0 Å². The van der Waals surface area contributed by atoms with Gasteiger partial charge in [-0.3, -0.25) is 4.90 Å². The Morgan fingerprint density at radius 2 is 1.38 bits per heavy atom. The third kappa shape index (κ3) is 5.99. The van der Waals surface area contributed by atoms with Crippen LogP contribution in [0.25, 0.3) is 0 Å².